The number of nitrogens with two attached hydrogens (primary N) is 1. The van der Waals surface area contributed by atoms with Crippen LogP contribution in [0, 0.1) is 5.92 Å². The van der Waals surface area contributed by atoms with Crippen LogP contribution in [0.3, 0.4) is 0 Å². The molecule has 3 heteroatoms. The van der Waals surface area contributed by atoms with Crippen LogP contribution >= 0.6 is 0 Å². The van der Waals surface area contributed by atoms with Gasteiger partial charge in [0.25, 0.3) is 5.91 Å². The summed E-state index contributed by atoms with van der Waals surface area (Å²) in [6.07, 6.45) is 3.36. The summed E-state index contributed by atoms with van der Waals surface area (Å²) in [4.78, 5) is 11.9. The van der Waals surface area contributed by atoms with Gasteiger partial charge in [0.15, 0.2) is 0 Å². The highest BCUT2D eigenvalue weighted by Gasteiger charge is 2.28. The number of hydrogen-bond donors (Lipinski definition) is 2. The second kappa shape index (κ2) is 5.32. The lowest BCUT2D eigenvalue weighted by Crippen LogP contribution is -2.33. The summed E-state index contributed by atoms with van der Waals surface area (Å²) in [7, 11) is 0. The fourth-order valence-electron chi connectivity index (χ4n) is 1.99. The van der Waals surface area contributed by atoms with Crippen LogP contribution in [-0.2, 0) is 6.42 Å². The van der Waals surface area contributed by atoms with E-state index in [1.807, 2.05) is 24.3 Å². The molecule has 0 radical (unpaired) electrons. The minimum Gasteiger partial charge on any atom is -0.349 e. The summed E-state index contributed by atoms with van der Waals surface area (Å²) in [5, 5.41) is 3.05. The fraction of sp³-hybridized carbons (Fsp3) is 0.500. The second-order valence-electron chi connectivity index (χ2n) is 4.84. The standard InChI is InChI=1S/C14H20N2O/c1-10(12-6-7-12)16-14(17)13-4-2-11(3-5-13)8-9-15/h2-5,10,12H,6-9,15H2,1H3,(H,16,17). The van der Waals surface area contributed by atoms with E-state index in [2.05, 4.69) is 12.2 Å². The van der Waals surface area contributed by atoms with Crippen molar-refractivity contribution in [1.29, 1.82) is 0 Å². The summed E-state index contributed by atoms with van der Waals surface area (Å²) in [5.74, 6) is 0.721. The Morgan fingerprint density at radius 2 is 2.06 bits per heavy atom. The van der Waals surface area contributed by atoms with Gasteiger partial charge in [-0.15, -0.1) is 0 Å². The third-order valence-corrected chi connectivity index (χ3v) is 3.34. The van der Waals surface area contributed by atoms with Crippen molar-refractivity contribution in [2.24, 2.45) is 11.7 Å². The molecular weight excluding hydrogens is 212 g/mol. The van der Waals surface area contributed by atoms with Crippen LogP contribution in [0.15, 0.2) is 24.3 Å². The monoisotopic (exact) mass is 232 g/mol. The van der Waals surface area contributed by atoms with Gasteiger partial charge in [0.05, 0.1) is 0 Å². The predicted octanol–water partition coefficient (Wildman–Crippen LogP) is 1.72. The minimum atomic E-state index is 0.0312. The molecule has 3 nitrogen and oxygen atoms in total. The molecule has 1 aromatic carbocycles. The highest BCUT2D eigenvalue weighted by Crippen LogP contribution is 2.32. The van der Waals surface area contributed by atoms with Crippen molar-refractivity contribution in [2.75, 3.05) is 6.54 Å². The summed E-state index contributed by atoms with van der Waals surface area (Å²) in [6.45, 7) is 2.72. The van der Waals surface area contributed by atoms with E-state index in [0.717, 1.165) is 12.0 Å². The first-order valence-electron chi connectivity index (χ1n) is 6.30. The maximum atomic E-state index is 11.9. The molecule has 0 aliphatic heterocycles. The van der Waals surface area contributed by atoms with E-state index in [9.17, 15) is 4.79 Å². The molecule has 1 unspecified atom stereocenters. The number of carbonyl (C=O) groups excluding carboxylic acids is 1. The number of nitrogens with one attached hydrogen (secondary N) is 1. The van der Waals surface area contributed by atoms with Gasteiger partial charge in [-0.25, -0.2) is 0 Å². The van der Waals surface area contributed by atoms with E-state index in [4.69, 9.17) is 5.73 Å². The van der Waals surface area contributed by atoms with Gasteiger partial charge in [-0.1, -0.05) is 12.1 Å². The third-order valence-electron chi connectivity index (χ3n) is 3.34. The van der Waals surface area contributed by atoms with Gasteiger partial charge < -0.3 is 11.1 Å². The smallest absolute Gasteiger partial charge is 0.251 e. The quantitative estimate of drug-likeness (QED) is 0.812. The lowest BCUT2D eigenvalue weighted by Gasteiger charge is -2.12. The van der Waals surface area contributed by atoms with Crippen LogP contribution in [0.5, 0.6) is 0 Å². The first kappa shape index (κ1) is 12.1. The summed E-state index contributed by atoms with van der Waals surface area (Å²) in [5.41, 5.74) is 7.40. The average molecular weight is 232 g/mol. The van der Waals surface area contributed by atoms with Crippen molar-refractivity contribution >= 4 is 5.91 Å². The van der Waals surface area contributed by atoms with Crippen LogP contribution in [0.25, 0.3) is 0 Å². The van der Waals surface area contributed by atoms with Gasteiger partial charge in [0.2, 0.25) is 0 Å². The highest BCUT2D eigenvalue weighted by atomic mass is 16.1. The van der Waals surface area contributed by atoms with Crippen molar-refractivity contribution in [3.63, 3.8) is 0 Å². The molecule has 1 aliphatic carbocycles. The van der Waals surface area contributed by atoms with Crippen molar-refractivity contribution < 1.29 is 4.79 Å². The molecule has 1 atom stereocenters. The topological polar surface area (TPSA) is 55.1 Å². The lowest BCUT2D eigenvalue weighted by molar-refractivity contribution is 0.0936. The molecule has 1 amide bonds. The normalized spacial score (nSPS) is 16.6. The zero-order valence-corrected chi connectivity index (χ0v) is 10.3. The molecule has 1 saturated carbocycles. The molecule has 0 bridgehead atoms. The van der Waals surface area contributed by atoms with Gasteiger partial charge in [0.1, 0.15) is 0 Å². The Balaban J connectivity index is 1.93. The zero-order chi connectivity index (χ0) is 12.3. The molecule has 1 fully saturated rings. The fourth-order valence-corrected chi connectivity index (χ4v) is 1.99. The molecular formula is C14H20N2O. The molecule has 1 aliphatic rings. The van der Waals surface area contributed by atoms with E-state index in [-0.39, 0.29) is 5.91 Å². The van der Waals surface area contributed by atoms with E-state index in [0.29, 0.717) is 18.5 Å². The van der Waals surface area contributed by atoms with E-state index in [1.165, 1.54) is 18.4 Å². The third kappa shape index (κ3) is 3.30. The van der Waals surface area contributed by atoms with Crippen LogP contribution in [0.4, 0.5) is 0 Å². The molecule has 1 aromatic rings. The second-order valence-corrected chi connectivity index (χ2v) is 4.84. The Hall–Kier alpha value is -1.35. The van der Waals surface area contributed by atoms with Crippen LogP contribution in [0.2, 0.25) is 0 Å². The molecule has 0 saturated heterocycles. The molecule has 0 spiro atoms. The number of rotatable bonds is 5. The molecule has 0 aromatic heterocycles. The maximum absolute atomic E-state index is 11.9. The van der Waals surface area contributed by atoms with Crippen molar-refractivity contribution in [3.8, 4) is 0 Å². The van der Waals surface area contributed by atoms with Crippen LogP contribution in [0.1, 0.15) is 35.7 Å². The van der Waals surface area contributed by atoms with E-state index < -0.39 is 0 Å². The van der Waals surface area contributed by atoms with Crippen molar-refractivity contribution in [2.45, 2.75) is 32.2 Å². The average Bonchev–Trinajstić information content (AvgIpc) is 3.14. The van der Waals surface area contributed by atoms with Crippen LogP contribution < -0.4 is 11.1 Å². The molecule has 2 rings (SSSR count). The van der Waals surface area contributed by atoms with E-state index in [1.54, 1.807) is 0 Å². The first-order chi connectivity index (χ1) is 8.20. The summed E-state index contributed by atoms with van der Waals surface area (Å²) in [6, 6.07) is 8.00. The highest BCUT2D eigenvalue weighted by molar-refractivity contribution is 5.94. The number of benzene rings is 1. The molecule has 17 heavy (non-hydrogen) atoms. The Morgan fingerprint density at radius 1 is 1.41 bits per heavy atom. The Kier molecular flexibility index (Phi) is 3.79. The van der Waals surface area contributed by atoms with Crippen LogP contribution in [-0.4, -0.2) is 18.5 Å². The largest absolute Gasteiger partial charge is 0.349 e. The minimum absolute atomic E-state index is 0.0312. The van der Waals surface area contributed by atoms with Gasteiger partial charge in [0, 0.05) is 11.6 Å². The van der Waals surface area contributed by atoms with E-state index >= 15 is 0 Å². The molecule has 92 valence electrons. The number of amides is 1. The molecule has 3 N–H and O–H groups in total. The summed E-state index contributed by atoms with van der Waals surface area (Å²) >= 11 is 0. The van der Waals surface area contributed by atoms with Gasteiger partial charge >= 0.3 is 0 Å². The summed E-state index contributed by atoms with van der Waals surface area (Å²) < 4.78 is 0. The maximum Gasteiger partial charge on any atom is 0.251 e. The number of carbonyl (C=O) groups is 1. The van der Waals surface area contributed by atoms with Crippen molar-refractivity contribution in [1.82, 2.24) is 5.32 Å². The number of hydrogen-bond acceptors (Lipinski definition) is 2. The predicted molar refractivity (Wildman–Crippen MR) is 68.9 cm³/mol. The Labute approximate surface area is 102 Å². The van der Waals surface area contributed by atoms with Gasteiger partial charge in [-0.3, -0.25) is 4.79 Å². The molecule has 0 heterocycles. The lowest BCUT2D eigenvalue weighted by atomic mass is 10.1. The SMILES string of the molecule is CC(NC(=O)c1ccc(CCN)cc1)C1CC1. The Bertz CT molecular complexity index is 382. The first-order valence-corrected chi connectivity index (χ1v) is 6.30. The Morgan fingerprint density at radius 3 is 2.59 bits per heavy atom. The zero-order valence-electron chi connectivity index (χ0n) is 10.3. The van der Waals surface area contributed by atoms with Crippen molar-refractivity contribution in [3.05, 3.63) is 35.4 Å². The van der Waals surface area contributed by atoms with Gasteiger partial charge in [-0.2, -0.15) is 0 Å². The van der Waals surface area contributed by atoms with Gasteiger partial charge in [-0.05, 0) is 56.3 Å².